The van der Waals surface area contributed by atoms with Gasteiger partial charge in [-0.3, -0.25) is 4.90 Å². The smallest absolute Gasteiger partial charge is 0.382 e. The van der Waals surface area contributed by atoms with E-state index in [-0.39, 0.29) is 11.8 Å². The van der Waals surface area contributed by atoms with Crippen molar-refractivity contribution in [2.24, 2.45) is 0 Å². The summed E-state index contributed by atoms with van der Waals surface area (Å²) in [7, 11) is 0. The van der Waals surface area contributed by atoms with Crippen molar-refractivity contribution in [2.75, 3.05) is 38.1 Å². The summed E-state index contributed by atoms with van der Waals surface area (Å²) in [5, 5.41) is 2.87. The largest absolute Gasteiger partial charge is 0.418 e. The van der Waals surface area contributed by atoms with E-state index in [1.807, 2.05) is 0 Å². The lowest BCUT2D eigenvalue weighted by molar-refractivity contribution is -0.137. The standard InChI is InChI=1S/C14H18BrF3N2O/c1-2-20-5-6-21-11(9-20)8-19-13-7-10(15)3-4-12(13)14(16,17)18/h3-4,7,11,19H,2,5-6,8-9H2,1H3. The van der Waals surface area contributed by atoms with Crippen molar-refractivity contribution < 1.29 is 17.9 Å². The molecule has 0 aromatic heterocycles. The zero-order valence-electron chi connectivity index (χ0n) is 11.7. The highest BCUT2D eigenvalue weighted by Crippen LogP contribution is 2.36. The molecule has 0 amide bonds. The molecule has 0 spiro atoms. The molecule has 1 heterocycles. The van der Waals surface area contributed by atoms with Crippen LogP contribution in [0.2, 0.25) is 0 Å². The van der Waals surface area contributed by atoms with Crippen LogP contribution in [-0.2, 0) is 10.9 Å². The van der Waals surface area contributed by atoms with E-state index in [1.165, 1.54) is 12.1 Å². The third-order valence-electron chi connectivity index (χ3n) is 3.48. The molecular weight excluding hydrogens is 349 g/mol. The lowest BCUT2D eigenvalue weighted by atomic mass is 10.1. The molecule has 1 unspecified atom stereocenters. The Morgan fingerprint density at radius 2 is 2.19 bits per heavy atom. The molecule has 1 aromatic rings. The fraction of sp³-hybridized carbons (Fsp3) is 0.571. The summed E-state index contributed by atoms with van der Waals surface area (Å²) in [4.78, 5) is 2.22. The molecule has 1 N–H and O–H groups in total. The van der Waals surface area contributed by atoms with Crippen molar-refractivity contribution >= 4 is 21.6 Å². The maximum atomic E-state index is 13.0. The van der Waals surface area contributed by atoms with Gasteiger partial charge in [-0.15, -0.1) is 0 Å². The first-order chi connectivity index (χ1) is 9.90. The molecule has 2 rings (SSSR count). The number of hydrogen-bond acceptors (Lipinski definition) is 3. The fourth-order valence-electron chi connectivity index (χ4n) is 2.32. The van der Waals surface area contributed by atoms with E-state index in [1.54, 1.807) is 0 Å². The predicted molar refractivity (Wildman–Crippen MR) is 79.5 cm³/mol. The maximum Gasteiger partial charge on any atom is 0.418 e. The van der Waals surface area contributed by atoms with Crippen LogP contribution in [-0.4, -0.2) is 43.8 Å². The number of likely N-dealkylation sites (N-methyl/N-ethyl adjacent to an activating group) is 1. The van der Waals surface area contributed by atoms with E-state index in [2.05, 4.69) is 33.1 Å². The van der Waals surface area contributed by atoms with Gasteiger partial charge in [0.05, 0.1) is 18.3 Å². The van der Waals surface area contributed by atoms with Crippen LogP contribution < -0.4 is 5.32 Å². The lowest BCUT2D eigenvalue weighted by Crippen LogP contribution is -2.45. The van der Waals surface area contributed by atoms with Gasteiger partial charge in [0.1, 0.15) is 0 Å². The average molecular weight is 367 g/mol. The van der Waals surface area contributed by atoms with Gasteiger partial charge in [-0.25, -0.2) is 0 Å². The molecule has 1 aliphatic heterocycles. The maximum absolute atomic E-state index is 13.0. The molecule has 0 radical (unpaired) electrons. The van der Waals surface area contributed by atoms with Crippen molar-refractivity contribution in [1.29, 1.82) is 0 Å². The zero-order valence-corrected chi connectivity index (χ0v) is 13.3. The summed E-state index contributed by atoms with van der Waals surface area (Å²) in [5.74, 6) is 0. The molecule has 118 valence electrons. The molecule has 0 bridgehead atoms. The van der Waals surface area contributed by atoms with E-state index in [9.17, 15) is 13.2 Å². The van der Waals surface area contributed by atoms with E-state index in [0.29, 0.717) is 17.6 Å². The Balaban J connectivity index is 2.04. The number of benzene rings is 1. The monoisotopic (exact) mass is 366 g/mol. The Labute approximate surface area is 130 Å². The Hall–Kier alpha value is -0.790. The number of halogens is 4. The fourth-order valence-corrected chi connectivity index (χ4v) is 2.69. The van der Waals surface area contributed by atoms with Crippen LogP contribution in [0.3, 0.4) is 0 Å². The normalized spacial score (nSPS) is 20.5. The van der Waals surface area contributed by atoms with Crippen molar-refractivity contribution in [3.8, 4) is 0 Å². The first-order valence-corrected chi connectivity index (χ1v) is 7.64. The first-order valence-electron chi connectivity index (χ1n) is 6.84. The topological polar surface area (TPSA) is 24.5 Å². The second-order valence-electron chi connectivity index (χ2n) is 4.95. The summed E-state index contributed by atoms with van der Waals surface area (Å²) in [6, 6.07) is 3.92. The predicted octanol–water partition coefficient (Wildman–Crippen LogP) is 3.60. The number of hydrogen-bond donors (Lipinski definition) is 1. The van der Waals surface area contributed by atoms with Crippen molar-refractivity contribution in [1.82, 2.24) is 4.90 Å². The molecule has 1 fully saturated rings. The van der Waals surface area contributed by atoms with Gasteiger partial charge >= 0.3 is 6.18 Å². The van der Waals surface area contributed by atoms with Crippen LogP contribution in [0.25, 0.3) is 0 Å². The number of alkyl halides is 3. The second-order valence-corrected chi connectivity index (χ2v) is 5.87. The van der Waals surface area contributed by atoms with Gasteiger partial charge in [-0.05, 0) is 24.7 Å². The molecule has 1 atom stereocenters. The number of anilines is 1. The van der Waals surface area contributed by atoms with Crippen LogP contribution in [0.1, 0.15) is 12.5 Å². The summed E-state index contributed by atoms with van der Waals surface area (Å²) in [6.45, 7) is 5.56. The van der Waals surface area contributed by atoms with E-state index in [0.717, 1.165) is 25.7 Å². The van der Waals surface area contributed by atoms with Crippen LogP contribution in [0.5, 0.6) is 0 Å². The molecule has 1 aliphatic rings. The Bertz CT molecular complexity index is 482. The number of nitrogens with one attached hydrogen (secondary N) is 1. The van der Waals surface area contributed by atoms with Crippen molar-refractivity contribution in [3.05, 3.63) is 28.2 Å². The molecule has 3 nitrogen and oxygen atoms in total. The lowest BCUT2D eigenvalue weighted by Gasteiger charge is -2.32. The van der Waals surface area contributed by atoms with Gasteiger partial charge in [0, 0.05) is 29.8 Å². The summed E-state index contributed by atoms with van der Waals surface area (Å²) >= 11 is 3.20. The first kappa shape index (κ1) is 16.6. The average Bonchev–Trinajstić information content (AvgIpc) is 2.44. The molecule has 7 heteroatoms. The van der Waals surface area contributed by atoms with Gasteiger partial charge in [0.25, 0.3) is 0 Å². The van der Waals surface area contributed by atoms with Crippen LogP contribution >= 0.6 is 15.9 Å². The molecule has 1 saturated heterocycles. The van der Waals surface area contributed by atoms with Gasteiger partial charge in [-0.1, -0.05) is 22.9 Å². The third kappa shape index (κ3) is 4.59. The SMILES string of the molecule is CCN1CCOC(CNc2cc(Br)ccc2C(F)(F)F)C1. The van der Waals surface area contributed by atoms with Crippen molar-refractivity contribution in [2.45, 2.75) is 19.2 Å². The van der Waals surface area contributed by atoms with E-state index in [4.69, 9.17) is 4.74 Å². The Kier molecular flexibility index (Phi) is 5.51. The number of rotatable bonds is 4. The highest BCUT2D eigenvalue weighted by molar-refractivity contribution is 9.10. The van der Waals surface area contributed by atoms with Gasteiger partial charge in [-0.2, -0.15) is 13.2 Å². The minimum absolute atomic E-state index is 0.0779. The molecule has 1 aromatic carbocycles. The molecule has 0 aliphatic carbocycles. The van der Waals surface area contributed by atoms with Gasteiger partial charge in [0.2, 0.25) is 0 Å². The number of nitrogens with zero attached hydrogens (tertiary/aromatic N) is 1. The highest BCUT2D eigenvalue weighted by atomic mass is 79.9. The highest BCUT2D eigenvalue weighted by Gasteiger charge is 2.33. The Morgan fingerprint density at radius 3 is 2.86 bits per heavy atom. The number of morpholine rings is 1. The minimum Gasteiger partial charge on any atom is -0.382 e. The second kappa shape index (κ2) is 6.98. The summed E-state index contributed by atoms with van der Waals surface area (Å²) in [6.07, 6.45) is -4.47. The van der Waals surface area contributed by atoms with Crippen LogP contribution in [0.4, 0.5) is 18.9 Å². The summed E-state index contributed by atoms with van der Waals surface area (Å²) < 4.78 is 45.1. The van der Waals surface area contributed by atoms with Crippen LogP contribution in [0.15, 0.2) is 22.7 Å². The quantitative estimate of drug-likeness (QED) is 0.880. The van der Waals surface area contributed by atoms with Gasteiger partial charge < -0.3 is 10.1 Å². The molecule has 0 saturated carbocycles. The van der Waals surface area contributed by atoms with E-state index >= 15 is 0 Å². The van der Waals surface area contributed by atoms with Crippen molar-refractivity contribution in [3.63, 3.8) is 0 Å². The Morgan fingerprint density at radius 1 is 1.43 bits per heavy atom. The van der Waals surface area contributed by atoms with Gasteiger partial charge in [0.15, 0.2) is 0 Å². The third-order valence-corrected chi connectivity index (χ3v) is 3.97. The van der Waals surface area contributed by atoms with Crippen LogP contribution in [0, 0.1) is 0 Å². The zero-order chi connectivity index (χ0) is 15.5. The molecular formula is C14H18BrF3N2O. The minimum atomic E-state index is -4.37. The molecule has 21 heavy (non-hydrogen) atoms. The van der Waals surface area contributed by atoms with E-state index < -0.39 is 11.7 Å². The number of ether oxygens (including phenoxy) is 1. The summed E-state index contributed by atoms with van der Waals surface area (Å²) in [5.41, 5.74) is -0.581.